The Bertz CT molecular complexity index is 690. The fourth-order valence-electron chi connectivity index (χ4n) is 1.94. The van der Waals surface area contributed by atoms with Crippen molar-refractivity contribution in [2.75, 3.05) is 5.32 Å². The van der Waals surface area contributed by atoms with Crippen molar-refractivity contribution in [3.05, 3.63) is 65.9 Å². The van der Waals surface area contributed by atoms with E-state index in [9.17, 15) is 0 Å². The van der Waals surface area contributed by atoms with Crippen molar-refractivity contribution >= 4 is 16.9 Å². The third kappa shape index (κ3) is 2.71. The lowest BCUT2D eigenvalue weighted by Gasteiger charge is -2.06. The molecule has 0 radical (unpaired) electrons. The predicted molar refractivity (Wildman–Crippen MR) is 78.0 cm³/mol. The molecule has 0 bridgehead atoms. The van der Waals surface area contributed by atoms with Crippen molar-refractivity contribution in [3.63, 3.8) is 0 Å². The summed E-state index contributed by atoms with van der Waals surface area (Å²) in [5, 5.41) is 3.30. The molecule has 0 aliphatic rings. The van der Waals surface area contributed by atoms with E-state index in [1.807, 2.05) is 24.3 Å². The number of benzene rings is 2. The lowest BCUT2D eigenvalue weighted by atomic mass is 10.1. The first-order valence-corrected chi connectivity index (χ1v) is 6.32. The SMILES string of the molecule is Cc1ccc(CNc2cnc3ccccc3n2)cc1. The number of aromatic nitrogens is 2. The van der Waals surface area contributed by atoms with Crippen LogP contribution in [0.3, 0.4) is 0 Å². The highest BCUT2D eigenvalue weighted by Gasteiger charge is 1.99. The molecule has 2 aromatic carbocycles. The van der Waals surface area contributed by atoms with Crippen LogP contribution < -0.4 is 5.32 Å². The standard InChI is InChI=1S/C16H15N3/c1-12-6-8-13(9-7-12)10-18-16-11-17-14-4-2-3-5-15(14)19-16/h2-9,11H,10H2,1H3,(H,18,19). The quantitative estimate of drug-likeness (QED) is 0.771. The molecule has 0 saturated heterocycles. The van der Waals surface area contributed by atoms with E-state index in [-0.39, 0.29) is 0 Å². The number of aryl methyl sites for hydroxylation is 1. The normalized spacial score (nSPS) is 10.6. The maximum atomic E-state index is 4.53. The summed E-state index contributed by atoms with van der Waals surface area (Å²) in [5.41, 5.74) is 4.34. The van der Waals surface area contributed by atoms with Crippen molar-refractivity contribution < 1.29 is 0 Å². The summed E-state index contributed by atoms with van der Waals surface area (Å²) in [7, 11) is 0. The van der Waals surface area contributed by atoms with Crippen LogP contribution in [0.2, 0.25) is 0 Å². The second kappa shape index (κ2) is 5.06. The van der Waals surface area contributed by atoms with E-state index in [1.165, 1.54) is 11.1 Å². The molecule has 0 spiro atoms. The lowest BCUT2D eigenvalue weighted by molar-refractivity contribution is 1.11. The van der Waals surface area contributed by atoms with Gasteiger partial charge in [0.25, 0.3) is 0 Å². The number of para-hydroxylation sites is 2. The van der Waals surface area contributed by atoms with E-state index in [0.717, 1.165) is 23.4 Å². The molecule has 0 fully saturated rings. The number of nitrogens with one attached hydrogen (secondary N) is 1. The van der Waals surface area contributed by atoms with Gasteiger partial charge in [-0.05, 0) is 24.6 Å². The van der Waals surface area contributed by atoms with E-state index in [0.29, 0.717) is 0 Å². The van der Waals surface area contributed by atoms with Gasteiger partial charge in [-0.15, -0.1) is 0 Å². The molecular weight excluding hydrogens is 234 g/mol. The Morgan fingerprint density at radius 1 is 0.947 bits per heavy atom. The van der Waals surface area contributed by atoms with Crippen molar-refractivity contribution in [2.24, 2.45) is 0 Å². The Labute approximate surface area is 112 Å². The first-order chi connectivity index (χ1) is 9.31. The van der Waals surface area contributed by atoms with E-state index >= 15 is 0 Å². The van der Waals surface area contributed by atoms with Crippen LogP contribution in [0.4, 0.5) is 5.82 Å². The minimum atomic E-state index is 0.757. The Hall–Kier alpha value is -2.42. The molecule has 1 heterocycles. The molecule has 3 heteroatoms. The monoisotopic (exact) mass is 249 g/mol. The van der Waals surface area contributed by atoms with E-state index < -0.39 is 0 Å². The molecular formula is C16H15N3. The van der Waals surface area contributed by atoms with Gasteiger partial charge in [0.15, 0.2) is 0 Å². The van der Waals surface area contributed by atoms with Crippen molar-refractivity contribution in [1.29, 1.82) is 0 Å². The molecule has 94 valence electrons. The minimum absolute atomic E-state index is 0.757. The van der Waals surface area contributed by atoms with Gasteiger partial charge in [0.05, 0.1) is 17.2 Å². The second-order valence-corrected chi connectivity index (χ2v) is 4.58. The molecule has 3 rings (SSSR count). The van der Waals surface area contributed by atoms with Crippen molar-refractivity contribution in [1.82, 2.24) is 9.97 Å². The topological polar surface area (TPSA) is 37.8 Å². The number of fused-ring (bicyclic) bond motifs is 1. The number of rotatable bonds is 3. The first kappa shape index (κ1) is 11.7. The van der Waals surface area contributed by atoms with Crippen LogP contribution >= 0.6 is 0 Å². The summed E-state index contributed by atoms with van der Waals surface area (Å²) < 4.78 is 0. The first-order valence-electron chi connectivity index (χ1n) is 6.32. The Morgan fingerprint density at radius 3 is 2.47 bits per heavy atom. The highest BCUT2D eigenvalue weighted by Crippen LogP contribution is 2.12. The van der Waals surface area contributed by atoms with Crippen LogP contribution in [0, 0.1) is 6.92 Å². The molecule has 0 unspecified atom stereocenters. The summed E-state index contributed by atoms with van der Waals surface area (Å²) in [5.74, 6) is 0.805. The zero-order chi connectivity index (χ0) is 13.1. The summed E-state index contributed by atoms with van der Waals surface area (Å²) in [6.45, 7) is 2.85. The second-order valence-electron chi connectivity index (χ2n) is 4.58. The van der Waals surface area contributed by atoms with Crippen LogP contribution in [-0.2, 0) is 6.54 Å². The van der Waals surface area contributed by atoms with Gasteiger partial charge in [0, 0.05) is 6.54 Å². The molecule has 0 saturated carbocycles. The maximum absolute atomic E-state index is 4.53. The van der Waals surface area contributed by atoms with Crippen LogP contribution in [0.5, 0.6) is 0 Å². The van der Waals surface area contributed by atoms with Crippen molar-refractivity contribution in [2.45, 2.75) is 13.5 Å². The third-order valence-corrected chi connectivity index (χ3v) is 3.04. The smallest absolute Gasteiger partial charge is 0.145 e. The molecule has 0 amide bonds. The summed E-state index contributed by atoms with van der Waals surface area (Å²) in [4.78, 5) is 8.92. The average Bonchev–Trinajstić information content (AvgIpc) is 2.46. The minimum Gasteiger partial charge on any atom is -0.365 e. The van der Waals surface area contributed by atoms with Gasteiger partial charge in [-0.3, -0.25) is 4.98 Å². The van der Waals surface area contributed by atoms with Crippen LogP contribution in [-0.4, -0.2) is 9.97 Å². The maximum Gasteiger partial charge on any atom is 0.145 e. The van der Waals surface area contributed by atoms with Gasteiger partial charge in [0.1, 0.15) is 5.82 Å². The van der Waals surface area contributed by atoms with Gasteiger partial charge < -0.3 is 5.32 Å². The third-order valence-electron chi connectivity index (χ3n) is 3.04. The summed E-state index contributed by atoms with van der Waals surface area (Å²) in [6, 6.07) is 16.3. The summed E-state index contributed by atoms with van der Waals surface area (Å²) in [6.07, 6.45) is 1.77. The van der Waals surface area contributed by atoms with Crippen LogP contribution in [0.25, 0.3) is 11.0 Å². The van der Waals surface area contributed by atoms with Crippen LogP contribution in [0.1, 0.15) is 11.1 Å². The van der Waals surface area contributed by atoms with E-state index in [1.54, 1.807) is 6.20 Å². The highest BCUT2D eigenvalue weighted by atomic mass is 15.0. The lowest BCUT2D eigenvalue weighted by Crippen LogP contribution is -2.02. The fourth-order valence-corrected chi connectivity index (χ4v) is 1.94. The van der Waals surface area contributed by atoms with E-state index in [4.69, 9.17) is 0 Å². The average molecular weight is 249 g/mol. The van der Waals surface area contributed by atoms with Gasteiger partial charge in [-0.2, -0.15) is 0 Å². The van der Waals surface area contributed by atoms with Crippen molar-refractivity contribution in [3.8, 4) is 0 Å². The zero-order valence-corrected chi connectivity index (χ0v) is 10.8. The number of nitrogens with zero attached hydrogens (tertiary/aromatic N) is 2. The molecule has 0 atom stereocenters. The molecule has 19 heavy (non-hydrogen) atoms. The number of anilines is 1. The van der Waals surface area contributed by atoms with Gasteiger partial charge in [-0.1, -0.05) is 42.0 Å². The number of hydrogen-bond donors (Lipinski definition) is 1. The highest BCUT2D eigenvalue weighted by molar-refractivity contribution is 5.75. The molecule has 0 aliphatic carbocycles. The number of hydrogen-bond acceptors (Lipinski definition) is 3. The van der Waals surface area contributed by atoms with Gasteiger partial charge in [-0.25, -0.2) is 4.98 Å². The van der Waals surface area contributed by atoms with Gasteiger partial charge >= 0.3 is 0 Å². The molecule has 0 aliphatic heterocycles. The van der Waals surface area contributed by atoms with E-state index in [2.05, 4.69) is 46.5 Å². The summed E-state index contributed by atoms with van der Waals surface area (Å²) >= 11 is 0. The fraction of sp³-hybridized carbons (Fsp3) is 0.125. The molecule has 3 aromatic rings. The molecule has 3 nitrogen and oxygen atoms in total. The van der Waals surface area contributed by atoms with Crippen LogP contribution in [0.15, 0.2) is 54.7 Å². The zero-order valence-electron chi connectivity index (χ0n) is 10.8. The largest absolute Gasteiger partial charge is 0.365 e. The Balaban J connectivity index is 1.76. The predicted octanol–water partition coefficient (Wildman–Crippen LogP) is 3.55. The Morgan fingerprint density at radius 2 is 1.68 bits per heavy atom. The Kier molecular flexibility index (Phi) is 3.11. The molecule has 1 N–H and O–H groups in total. The molecule has 1 aromatic heterocycles. The van der Waals surface area contributed by atoms with Gasteiger partial charge in [0.2, 0.25) is 0 Å².